The van der Waals surface area contributed by atoms with Crippen molar-refractivity contribution in [2.45, 2.75) is 243 Å². The van der Waals surface area contributed by atoms with Crippen molar-refractivity contribution in [2.75, 3.05) is 26.4 Å². The molecule has 0 heterocycles. The number of sulfone groups is 2. The number of hydrogen-bond donors (Lipinski definition) is 0. The molecule has 0 saturated heterocycles. The number of ether oxygens (including phenoxy) is 4. The molecule has 0 radical (unpaired) electrons. The maximum atomic E-state index is 14.5. The highest BCUT2D eigenvalue weighted by Crippen LogP contribution is 2.36. The first kappa shape index (κ1) is 58.0. The molecule has 372 valence electrons. The van der Waals surface area contributed by atoms with Crippen LogP contribution in [-0.4, -0.2) is 52.4 Å². The quantitative estimate of drug-likeness (QED) is 0.0211. The maximum Gasteiger partial charge on any atom is 0.504 e. The van der Waals surface area contributed by atoms with Gasteiger partial charge in [-0.3, -0.25) is 0 Å². The Bertz CT molecular complexity index is 1670. The van der Waals surface area contributed by atoms with Crippen molar-refractivity contribution >= 4 is 24.1 Å². The van der Waals surface area contributed by atoms with Gasteiger partial charge in [0.05, 0.1) is 26.4 Å². The Labute approximate surface area is 397 Å². The molecule has 65 heavy (non-hydrogen) atoms. The first-order valence-electron chi connectivity index (χ1n) is 26.2. The Morgan fingerprint density at radius 2 is 0.631 bits per heavy atom. The molecule has 10 nitrogen and oxygen atoms in total. The molecule has 0 fully saturated rings. The first-order chi connectivity index (χ1) is 31.7. The molecule has 0 spiro atoms. The Balaban J connectivity index is 2.31. The predicted octanol–water partition coefficient (Wildman–Crippen LogP) is 15.6. The van der Waals surface area contributed by atoms with Crippen molar-refractivity contribution in [3.63, 3.8) is 0 Å². The molecule has 0 aliphatic carbocycles. The number of hydrogen-bond acceptors (Lipinski definition) is 8. The summed E-state index contributed by atoms with van der Waals surface area (Å²) in [6.45, 7) is 10.2. The zero-order chi connectivity index (χ0) is 47.3. The minimum Gasteiger partial charge on any atom is -0.493 e. The van der Waals surface area contributed by atoms with E-state index in [4.69, 9.17) is 18.9 Å². The van der Waals surface area contributed by atoms with Crippen molar-refractivity contribution < 1.29 is 40.6 Å². The van der Waals surface area contributed by atoms with Gasteiger partial charge in [0.1, 0.15) is 32.8 Å². The molecule has 0 aliphatic heterocycles. The highest BCUT2D eigenvalue weighted by atomic mass is 32.3. The van der Waals surface area contributed by atoms with E-state index in [1.807, 2.05) is 0 Å². The molecule has 2 aromatic carbocycles. The number of unbranched alkanes of at least 4 members (excludes halogenated alkanes) is 28. The van der Waals surface area contributed by atoms with Crippen LogP contribution >= 0.6 is 0 Å². The van der Waals surface area contributed by atoms with Gasteiger partial charge in [-0.1, -0.05) is 207 Å². The molecule has 2 rings (SSSR count). The van der Waals surface area contributed by atoms with Gasteiger partial charge < -0.3 is 24.5 Å². The smallest absolute Gasteiger partial charge is 0.493 e. The fourth-order valence-electron chi connectivity index (χ4n) is 7.95. The molecule has 12 heteroatoms. The van der Waals surface area contributed by atoms with Gasteiger partial charge in [-0.05, 0) is 49.9 Å². The minimum absolute atomic E-state index is 0.0476. The summed E-state index contributed by atoms with van der Waals surface area (Å²) in [5, 5.41) is 0. The number of rotatable bonds is 42. The minimum atomic E-state index is -4.96. The second kappa shape index (κ2) is 37.0. The first-order valence-corrected chi connectivity index (χ1v) is 29.1. The van der Waals surface area contributed by atoms with E-state index in [0.717, 1.165) is 77.0 Å². The third kappa shape index (κ3) is 24.5. The molecule has 0 N–H and O–H groups in total. The molecule has 0 unspecified atom stereocenters. The summed E-state index contributed by atoms with van der Waals surface area (Å²) >= 11 is 0. The third-order valence-electron chi connectivity index (χ3n) is 12.0. The van der Waals surface area contributed by atoms with Crippen LogP contribution in [0.15, 0.2) is 46.2 Å². The summed E-state index contributed by atoms with van der Waals surface area (Å²) in [6.07, 6.45) is 35.7. The number of benzene rings is 2. The zero-order valence-corrected chi connectivity index (χ0v) is 43.0. The monoisotopic (exact) mass is 947 g/mol. The van der Waals surface area contributed by atoms with Crippen molar-refractivity contribution in [3.8, 4) is 23.0 Å². The van der Waals surface area contributed by atoms with Crippen molar-refractivity contribution in [2.24, 2.45) is 0 Å². The van der Waals surface area contributed by atoms with Gasteiger partial charge >= 0.3 is 4.38 Å². The Hall–Kier alpha value is -3.08. The fraction of sp³-hybridized carbons (Fsp3) is 0.755. The molecule has 2 aromatic rings. The number of nitrogens with zero attached hydrogens (tertiary/aromatic N) is 2. The molecular weight excluding hydrogens is 857 g/mol. The van der Waals surface area contributed by atoms with Crippen LogP contribution in [0.1, 0.15) is 233 Å². The van der Waals surface area contributed by atoms with E-state index in [9.17, 15) is 22.4 Å². The lowest BCUT2D eigenvalue weighted by Crippen LogP contribution is -2.27. The molecule has 0 bridgehead atoms. The largest absolute Gasteiger partial charge is 0.504 e. The average Bonchev–Trinajstić information content (AvgIpc) is 3.29. The Kier molecular flexibility index (Phi) is 33.0. The standard InChI is InChI=1S/C53H90N2O8S2/c1-5-9-13-17-21-25-29-33-41-60-47-37-39-51(49(45-47)62-43-35-31-27-23-19-15-11-7-3)64(56,57)53(55-54)65(58,59)52-40-38-48(61-42-34-30-26-22-18-14-10-6-2)46-50(52)63-44-36-32-28-24-20-16-12-8-4/h37-40,45-46H,5-36,41-44H2,1-4H3. The molecule has 0 aliphatic rings. The normalized spacial score (nSPS) is 11.7. The van der Waals surface area contributed by atoms with E-state index in [0.29, 0.717) is 37.6 Å². The predicted molar refractivity (Wildman–Crippen MR) is 268 cm³/mol. The van der Waals surface area contributed by atoms with Crippen LogP contribution in [0.4, 0.5) is 0 Å². The summed E-state index contributed by atoms with van der Waals surface area (Å²) in [6, 6.07) is 8.56. The lowest BCUT2D eigenvalue weighted by molar-refractivity contribution is 0.00377. The highest BCUT2D eigenvalue weighted by Gasteiger charge is 2.47. The summed E-state index contributed by atoms with van der Waals surface area (Å²) < 4.78 is 80.7. The lowest BCUT2D eigenvalue weighted by Gasteiger charge is -2.15. The van der Waals surface area contributed by atoms with Crippen molar-refractivity contribution in [1.82, 2.24) is 0 Å². The molecular formula is C53H90N2O8S2. The van der Waals surface area contributed by atoms with Crippen LogP contribution in [0.3, 0.4) is 0 Å². The van der Waals surface area contributed by atoms with Gasteiger partial charge in [0, 0.05) is 12.1 Å². The molecule has 0 amide bonds. The van der Waals surface area contributed by atoms with E-state index in [1.165, 1.54) is 152 Å². The van der Waals surface area contributed by atoms with Crippen LogP contribution in [0.2, 0.25) is 0 Å². The second-order valence-electron chi connectivity index (χ2n) is 17.9. The van der Waals surface area contributed by atoms with E-state index in [2.05, 4.69) is 32.5 Å². The summed E-state index contributed by atoms with van der Waals surface area (Å²) in [4.78, 5) is 2.15. The zero-order valence-electron chi connectivity index (χ0n) is 41.4. The third-order valence-corrected chi connectivity index (χ3v) is 16.2. The molecule has 0 saturated carbocycles. The summed E-state index contributed by atoms with van der Waals surface area (Å²) in [5.41, 5.74) is 10.3. The topological polar surface area (TPSA) is 142 Å². The van der Waals surface area contributed by atoms with Gasteiger partial charge in [-0.15, -0.1) is 4.79 Å². The second-order valence-corrected chi connectivity index (χ2v) is 21.8. The van der Waals surface area contributed by atoms with Crippen molar-refractivity contribution in [1.29, 1.82) is 0 Å². The maximum absolute atomic E-state index is 14.5. The summed E-state index contributed by atoms with van der Waals surface area (Å²) in [7, 11) is -9.92. The molecule has 0 aromatic heterocycles. The Morgan fingerprint density at radius 1 is 0.385 bits per heavy atom. The fourth-order valence-corrected chi connectivity index (χ4v) is 11.5. The van der Waals surface area contributed by atoms with Crippen LogP contribution in [-0.2, 0) is 19.7 Å². The van der Waals surface area contributed by atoms with Crippen LogP contribution in [0.25, 0.3) is 5.53 Å². The van der Waals surface area contributed by atoms with Gasteiger partial charge in [0.25, 0.3) is 19.7 Å². The Morgan fingerprint density at radius 3 is 0.892 bits per heavy atom. The van der Waals surface area contributed by atoms with Crippen LogP contribution in [0.5, 0.6) is 23.0 Å². The highest BCUT2D eigenvalue weighted by molar-refractivity contribution is 8.31. The van der Waals surface area contributed by atoms with Gasteiger partial charge in [-0.25, -0.2) is 16.8 Å². The summed E-state index contributed by atoms with van der Waals surface area (Å²) in [5.74, 6) is 0.743. The van der Waals surface area contributed by atoms with Crippen molar-refractivity contribution in [3.05, 3.63) is 41.9 Å². The lowest BCUT2D eigenvalue weighted by atomic mass is 10.1. The van der Waals surface area contributed by atoms with E-state index in [1.54, 1.807) is 0 Å². The van der Waals surface area contributed by atoms with E-state index >= 15 is 0 Å². The van der Waals surface area contributed by atoms with Crippen LogP contribution in [0, 0.1) is 0 Å². The van der Waals surface area contributed by atoms with Gasteiger partial charge in [0.2, 0.25) is 0 Å². The van der Waals surface area contributed by atoms with E-state index < -0.39 is 33.8 Å². The SMILES string of the molecule is CCCCCCCCCCOc1ccc(S(=O)(=O)C(=[N+]=[N-])S(=O)(=O)c2ccc(OCCCCCCCCCC)cc2OCCCCCCCCCC)c(OCCCCCCCCCC)c1. The average molecular weight is 947 g/mol. The molecule has 0 atom stereocenters. The van der Waals surface area contributed by atoms with Crippen LogP contribution < -0.4 is 18.9 Å². The van der Waals surface area contributed by atoms with Gasteiger partial charge in [-0.2, -0.15) is 0 Å². The van der Waals surface area contributed by atoms with Gasteiger partial charge in [0.15, 0.2) is 0 Å². The van der Waals surface area contributed by atoms with E-state index in [-0.39, 0.29) is 24.7 Å².